The summed E-state index contributed by atoms with van der Waals surface area (Å²) in [5.41, 5.74) is 7.82. The fourth-order valence-electron chi connectivity index (χ4n) is 4.97. The molecule has 2 atom stereocenters. The van der Waals surface area contributed by atoms with Crippen molar-refractivity contribution < 1.29 is 19.3 Å². The van der Waals surface area contributed by atoms with Gasteiger partial charge in [0.05, 0.1) is 32.1 Å². The van der Waals surface area contributed by atoms with E-state index in [1.165, 1.54) is 11.8 Å². The molecule has 0 aliphatic carbocycles. The zero-order chi connectivity index (χ0) is 25.3. The highest BCUT2D eigenvalue weighted by Gasteiger charge is 2.48. The summed E-state index contributed by atoms with van der Waals surface area (Å²) in [6, 6.07) is 1.88. The zero-order valence-electron chi connectivity index (χ0n) is 20.2. The maximum atomic E-state index is 10.1. The second-order valence-corrected chi connectivity index (χ2v) is 12.2. The number of pyridine rings is 1. The molecule has 196 valence electrons. The molecule has 0 radical (unpaired) electrons. The van der Waals surface area contributed by atoms with Crippen LogP contribution in [0.15, 0.2) is 22.2 Å². The molecule has 3 saturated heterocycles. The predicted molar refractivity (Wildman–Crippen MR) is 146 cm³/mol. The maximum Gasteiger partial charge on any atom is 0.234 e. The normalized spacial score (nSPS) is 24.4. The van der Waals surface area contributed by atoms with Crippen LogP contribution in [0.4, 0.5) is 5.82 Å². The Bertz CT molecular complexity index is 1080. The summed E-state index contributed by atoms with van der Waals surface area (Å²) in [7, 11) is 0. The van der Waals surface area contributed by atoms with Crippen LogP contribution in [0.2, 0.25) is 5.02 Å². The van der Waals surface area contributed by atoms with Gasteiger partial charge in [-0.05, 0) is 48.4 Å². The number of aliphatic hydroxyl groups excluding tert-OH is 1. The summed E-state index contributed by atoms with van der Waals surface area (Å²) < 4.78 is 17.4. The number of aryl methyl sites for hydroxylation is 1. The summed E-state index contributed by atoms with van der Waals surface area (Å²) in [6.45, 7) is 5.40. The van der Waals surface area contributed by atoms with Crippen LogP contribution in [0, 0.1) is 12.3 Å². The van der Waals surface area contributed by atoms with Crippen molar-refractivity contribution in [3.05, 3.63) is 28.7 Å². The van der Waals surface area contributed by atoms with E-state index >= 15 is 0 Å². The number of piperidine rings is 1. The van der Waals surface area contributed by atoms with Crippen molar-refractivity contribution in [2.45, 2.75) is 65.4 Å². The number of alkyl halides is 1. The molecule has 5 rings (SSSR count). The third-order valence-corrected chi connectivity index (χ3v) is 10.0. The molecule has 0 aromatic carbocycles. The standard InChI is InChI=1S/C24H31ClIN5O4S/c1-14-23(36-17-2-7-28-22(18(17)25)35-15-3-10-33-11-4-15)30-16(12-32)21(29-14)31-8-5-24(6-9-31)13-34-20(26)19(24)27/h2,7,15,19-20,32H,3-6,8-13,27H2,1H3/t19-,20-/m1/s1. The summed E-state index contributed by atoms with van der Waals surface area (Å²) in [5, 5.41) is 11.3. The van der Waals surface area contributed by atoms with Gasteiger partial charge in [0.2, 0.25) is 5.88 Å². The van der Waals surface area contributed by atoms with Crippen LogP contribution in [-0.2, 0) is 16.1 Å². The number of ether oxygens (including phenoxy) is 3. The molecule has 0 bridgehead atoms. The van der Waals surface area contributed by atoms with Gasteiger partial charge in [0.25, 0.3) is 0 Å². The van der Waals surface area contributed by atoms with Gasteiger partial charge in [-0.15, -0.1) is 0 Å². The molecule has 3 aliphatic heterocycles. The number of anilines is 1. The Balaban J connectivity index is 1.32. The molecule has 3 aliphatic rings. The van der Waals surface area contributed by atoms with Crippen LogP contribution in [0.1, 0.15) is 37.1 Å². The third-order valence-electron chi connectivity index (χ3n) is 7.28. The molecule has 9 nitrogen and oxygen atoms in total. The van der Waals surface area contributed by atoms with E-state index in [1.807, 2.05) is 13.0 Å². The molecule has 3 fully saturated rings. The van der Waals surface area contributed by atoms with E-state index in [4.69, 9.17) is 41.5 Å². The second-order valence-electron chi connectivity index (χ2n) is 9.54. The smallest absolute Gasteiger partial charge is 0.234 e. The van der Waals surface area contributed by atoms with Crippen LogP contribution in [0.25, 0.3) is 0 Å². The fraction of sp³-hybridized carbons (Fsp3) is 0.625. The third kappa shape index (κ3) is 5.43. The molecule has 0 amide bonds. The van der Waals surface area contributed by atoms with E-state index in [2.05, 4.69) is 32.5 Å². The lowest BCUT2D eigenvalue weighted by Crippen LogP contribution is -2.50. The molecule has 2 aromatic rings. The van der Waals surface area contributed by atoms with Gasteiger partial charge < -0.3 is 30.0 Å². The summed E-state index contributed by atoms with van der Waals surface area (Å²) in [4.78, 5) is 17.0. The van der Waals surface area contributed by atoms with Gasteiger partial charge in [-0.25, -0.2) is 15.0 Å². The van der Waals surface area contributed by atoms with Crippen molar-refractivity contribution in [3.8, 4) is 5.88 Å². The highest BCUT2D eigenvalue weighted by Crippen LogP contribution is 2.44. The minimum Gasteiger partial charge on any atom is -0.473 e. The second kappa shape index (κ2) is 11.4. The topological polar surface area (TPSA) is 116 Å². The minimum absolute atomic E-state index is 0.0164. The number of halogens is 2. The molecule has 5 heterocycles. The Morgan fingerprint density at radius 2 is 2.06 bits per heavy atom. The number of aromatic nitrogens is 3. The van der Waals surface area contributed by atoms with E-state index in [9.17, 15) is 5.11 Å². The average Bonchev–Trinajstić information content (AvgIpc) is 3.17. The van der Waals surface area contributed by atoms with E-state index in [0.717, 1.165) is 55.2 Å². The van der Waals surface area contributed by atoms with Crippen LogP contribution < -0.4 is 15.4 Å². The molecule has 0 unspecified atom stereocenters. The van der Waals surface area contributed by atoms with Crippen molar-refractivity contribution in [2.24, 2.45) is 11.1 Å². The van der Waals surface area contributed by atoms with Crippen molar-refractivity contribution in [1.82, 2.24) is 15.0 Å². The molecule has 3 N–H and O–H groups in total. The molecule has 12 heteroatoms. The number of nitrogens with zero attached hydrogens (tertiary/aromatic N) is 4. The van der Waals surface area contributed by atoms with E-state index in [1.54, 1.807) is 6.20 Å². The van der Waals surface area contributed by atoms with E-state index in [-0.39, 0.29) is 28.3 Å². The SMILES string of the molecule is Cc1nc(N2CCC3(CC2)CO[C@@H](I)[C@H]3N)c(CO)nc1Sc1ccnc(OC2CCOCC2)c1Cl. The van der Waals surface area contributed by atoms with Crippen LogP contribution >= 0.6 is 46.0 Å². The first kappa shape index (κ1) is 26.6. The Morgan fingerprint density at radius 3 is 2.72 bits per heavy atom. The first-order chi connectivity index (χ1) is 17.4. The first-order valence-corrected chi connectivity index (χ1v) is 14.7. The number of hydrogen-bond acceptors (Lipinski definition) is 10. The van der Waals surface area contributed by atoms with Crippen molar-refractivity contribution in [1.29, 1.82) is 0 Å². The predicted octanol–water partition coefficient (Wildman–Crippen LogP) is 3.74. The van der Waals surface area contributed by atoms with Gasteiger partial charge in [-0.2, -0.15) is 0 Å². The highest BCUT2D eigenvalue weighted by atomic mass is 127. The van der Waals surface area contributed by atoms with Crippen molar-refractivity contribution >= 4 is 51.8 Å². The number of rotatable bonds is 6. The Kier molecular flexibility index (Phi) is 8.45. The quantitative estimate of drug-likeness (QED) is 0.355. The van der Waals surface area contributed by atoms with Crippen LogP contribution in [0.3, 0.4) is 0 Å². The average molecular weight is 648 g/mol. The fourth-order valence-corrected chi connectivity index (χ4v) is 7.05. The monoisotopic (exact) mass is 647 g/mol. The van der Waals surface area contributed by atoms with E-state index < -0.39 is 0 Å². The lowest BCUT2D eigenvalue weighted by molar-refractivity contribution is 0.0237. The molecule has 1 spiro atoms. The minimum atomic E-state index is -0.196. The first-order valence-electron chi connectivity index (χ1n) is 12.2. The molecule has 2 aromatic heterocycles. The molecule has 36 heavy (non-hydrogen) atoms. The largest absolute Gasteiger partial charge is 0.473 e. The van der Waals surface area contributed by atoms with E-state index in [0.29, 0.717) is 41.4 Å². The Labute approximate surface area is 234 Å². The van der Waals surface area contributed by atoms with Gasteiger partial charge >= 0.3 is 0 Å². The molecule has 0 saturated carbocycles. The zero-order valence-corrected chi connectivity index (χ0v) is 23.9. The van der Waals surface area contributed by atoms with Crippen LogP contribution in [0.5, 0.6) is 5.88 Å². The van der Waals surface area contributed by atoms with Crippen molar-refractivity contribution in [3.63, 3.8) is 0 Å². The lowest BCUT2D eigenvalue weighted by Gasteiger charge is -2.41. The van der Waals surface area contributed by atoms with Crippen molar-refractivity contribution in [2.75, 3.05) is 37.8 Å². The summed E-state index contributed by atoms with van der Waals surface area (Å²) in [6.07, 6.45) is 5.22. The van der Waals surface area contributed by atoms with Gasteiger partial charge in [-0.1, -0.05) is 23.4 Å². The maximum absolute atomic E-state index is 10.1. The van der Waals surface area contributed by atoms with Gasteiger partial charge in [-0.3, -0.25) is 0 Å². The van der Waals surface area contributed by atoms with Gasteiger partial charge in [0.15, 0.2) is 5.82 Å². The summed E-state index contributed by atoms with van der Waals surface area (Å²) >= 11 is 10.4. The Morgan fingerprint density at radius 1 is 1.31 bits per heavy atom. The highest BCUT2D eigenvalue weighted by molar-refractivity contribution is 14.1. The van der Waals surface area contributed by atoms with Gasteiger partial charge in [0, 0.05) is 48.5 Å². The number of aliphatic hydroxyl groups is 1. The number of nitrogens with two attached hydrogens (primary N) is 1. The number of hydrogen-bond donors (Lipinski definition) is 2. The summed E-state index contributed by atoms with van der Waals surface area (Å²) in [5.74, 6) is 1.15. The molecular weight excluding hydrogens is 617 g/mol. The van der Waals surface area contributed by atoms with Crippen LogP contribution in [-0.4, -0.2) is 69.2 Å². The molecular formula is C24H31ClIN5O4S. The van der Waals surface area contributed by atoms with Gasteiger partial charge in [0.1, 0.15) is 26.0 Å². The Hall–Kier alpha value is -0.960. The lowest BCUT2D eigenvalue weighted by atomic mass is 9.75.